The summed E-state index contributed by atoms with van der Waals surface area (Å²) in [6.07, 6.45) is 2.39. The fourth-order valence-electron chi connectivity index (χ4n) is 1.86. The minimum absolute atomic E-state index is 0.00218. The number of nitrogens with two attached hydrogens (primary N) is 1. The molecule has 8 nitrogen and oxygen atoms in total. The molecule has 0 spiro atoms. The predicted octanol–water partition coefficient (Wildman–Crippen LogP) is 1.24. The topological polar surface area (TPSA) is 134 Å². The van der Waals surface area contributed by atoms with Crippen LogP contribution in [0.1, 0.15) is 44.5 Å². The van der Waals surface area contributed by atoms with E-state index in [1.54, 1.807) is 27.7 Å². The van der Waals surface area contributed by atoms with E-state index in [4.69, 9.17) is 10.8 Å². The summed E-state index contributed by atoms with van der Waals surface area (Å²) in [6, 6.07) is 0. The third kappa shape index (κ3) is 5.24. The van der Waals surface area contributed by atoms with Crippen molar-refractivity contribution in [1.82, 2.24) is 10.3 Å². The van der Waals surface area contributed by atoms with E-state index in [0.717, 1.165) is 6.20 Å². The highest BCUT2D eigenvalue weighted by molar-refractivity contribution is 6.01. The number of hydrogen-bond acceptors (Lipinski definition) is 5. The number of carbonyl (C=O) groups excluding carboxylic acids is 2. The lowest BCUT2D eigenvalue weighted by molar-refractivity contribution is -0.126. The first kappa shape index (κ1) is 18.4. The average molecular weight is 322 g/mol. The van der Waals surface area contributed by atoms with Crippen LogP contribution in [0.15, 0.2) is 12.4 Å². The molecule has 0 fully saturated rings. The summed E-state index contributed by atoms with van der Waals surface area (Å²) < 4.78 is 0. The molecule has 0 aliphatic heterocycles. The number of nitrogen functional groups attached to an aromatic ring is 1. The van der Waals surface area contributed by atoms with Crippen molar-refractivity contribution in [2.24, 2.45) is 5.92 Å². The molecule has 1 rings (SSSR count). The Bertz CT molecular complexity index is 626. The second-order valence-electron chi connectivity index (χ2n) is 6.21. The maximum Gasteiger partial charge on any atom is 0.339 e. The molecule has 5 N–H and O–H groups in total. The van der Waals surface area contributed by atoms with Crippen molar-refractivity contribution in [2.75, 3.05) is 11.1 Å². The Morgan fingerprint density at radius 1 is 1.30 bits per heavy atom. The highest BCUT2D eigenvalue weighted by Gasteiger charge is 2.25. The molecule has 0 bridgehead atoms. The van der Waals surface area contributed by atoms with Crippen LogP contribution in [0.25, 0.3) is 0 Å². The van der Waals surface area contributed by atoms with E-state index in [-0.39, 0.29) is 35.2 Å². The van der Waals surface area contributed by atoms with Gasteiger partial charge in [-0.25, -0.2) is 4.79 Å². The SMILES string of the molecule is CC(C)C(=O)NC(C)(C)CC(=O)Nc1cncc(C(=O)O)c1N. The van der Waals surface area contributed by atoms with Crippen LogP contribution in [-0.4, -0.2) is 33.4 Å². The first-order chi connectivity index (χ1) is 10.5. The van der Waals surface area contributed by atoms with E-state index < -0.39 is 17.4 Å². The standard InChI is InChI=1S/C15H22N4O4/c1-8(2)13(21)19-15(3,4)5-11(20)18-10-7-17-6-9(12(10)16)14(22)23/h6-8H,5H2,1-4H3,(H2,16,17)(H,18,20)(H,19,21)(H,22,23). The lowest BCUT2D eigenvalue weighted by Crippen LogP contribution is -2.47. The summed E-state index contributed by atoms with van der Waals surface area (Å²) in [5, 5.41) is 14.3. The second kappa shape index (κ2) is 7.08. The highest BCUT2D eigenvalue weighted by atomic mass is 16.4. The van der Waals surface area contributed by atoms with Crippen molar-refractivity contribution in [1.29, 1.82) is 0 Å². The summed E-state index contributed by atoms with van der Waals surface area (Å²) in [5.74, 6) is -1.98. The van der Waals surface area contributed by atoms with Gasteiger partial charge in [0.15, 0.2) is 0 Å². The van der Waals surface area contributed by atoms with E-state index in [2.05, 4.69) is 15.6 Å². The molecule has 1 aromatic heterocycles. The van der Waals surface area contributed by atoms with E-state index in [1.165, 1.54) is 6.20 Å². The summed E-state index contributed by atoms with van der Waals surface area (Å²) in [4.78, 5) is 38.6. The van der Waals surface area contributed by atoms with Crippen LogP contribution in [0, 0.1) is 5.92 Å². The van der Waals surface area contributed by atoms with Crippen molar-refractivity contribution in [3.63, 3.8) is 0 Å². The number of carboxylic acid groups (broad SMARTS) is 1. The van der Waals surface area contributed by atoms with E-state index in [0.29, 0.717) is 0 Å². The zero-order chi connectivity index (χ0) is 17.8. The molecule has 0 aliphatic carbocycles. The van der Waals surface area contributed by atoms with E-state index in [1.807, 2.05) is 0 Å². The van der Waals surface area contributed by atoms with Gasteiger partial charge < -0.3 is 21.5 Å². The normalized spacial score (nSPS) is 11.2. The van der Waals surface area contributed by atoms with Crippen LogP contribution in [0.3, 0.4) is 0 Å². The number of rotatable bonds is 6. The number of aromatic carboxylic acids is 1. The van der Waals surface area contributed by atoms with Gasteiger partial charge in [-0.3, -0.25) is 14.6 Å². The Morgan fingerprint density at radius 2 is 1.91 bits per heavy atom. The van der Waals surface area contributed by atoms with Gasteiger partial charge in [0.2, 0.25) is 11.8 Å². The van der Waals surface area contributed by atoms with Gasteiger partial charge in [0.05, 0.1) is 17.6 Å². The number of nitrogens with zero attached hydrogens (tertiary/aromatic N) is 1. The van der Waals surface area contributed by atoms with Crippen molar-refractivity contribution in [3.8, 4) is 0 Å². The van der Waals surface area contributed by atoms with Gasteiger partial charge in [-0.2, -0.15) is 0 Å². The lowest BCUT2D eigenvalue weighted by Gasteiger charge is -2.26. The van der Waals surface area contributed by atoms with Crippen LogP contribution in [0.5, 0.6) is 0 Å². The number of hydrogen-bond donors (Lipinski definition) is 4. The average Bonchev–Trinajstić information content (AvgIpc) is 2.39. The van der Waals surface area contributed by atoms with E-state index in [9.17, 15) is 14.4 Å². The molecule has 8 heteroatoms. The fourth-order valence-corrected chi connectivity index (χ4v) is 1.86. The van der Waals surface area contributed by atoms with Crippen LogP contribution in [-0.2, 0) is 9.59 Å². The van der Waals surface area contributed by atoms with Gasteiger partial charge in [0.25, 0.3) is 0 Å². The van der Waals surface area contributed by atoms with Crippen molar-refractivity contribution in [2.45, 2.75) is 39.7 Å². The van der Waals surface area contributed by atoms with Crippen molar-refractivity contribution < 1.29 is 19.5 Å². The maximum atomic E-state index is 12.1. The second-order valence-corrected chi connectivity index (χ2v) is 6.21. The molecular formula is C15H22N4O4. The molecule has 0 saturated carbocycles. The Hall–Kier alpha value is -2.64. The minimum Gasteiger partial charge on any atom is -0.478 e. The summed E-state index contributed by atoms with van der Waals surface area (Å²) in [7, 11) is 0. The molecule has 0 aromatic carbocycles. The van der Waals surface area contributed by atoms with Crippen LogP contribution < -0.4 is 16.4 Å². The zero-order valence-electron chi connectivity index (χ0n) is 13.6. The predicted molar refractivity (Wildman–Crippen MR) is 85.9 cm³/mol. The molecule has 126 valence electrons. The number of carboxylic acids is 1. The Balaban J connectivity index is 2.79. The van der Waals surface area contributed by atoms with Crippen molar-refractivity contribution >= 4 is 29.2 Å². The van der Waals surface area contributed by atoms with Gasteiger partial charge >= 0.3 is 5.97 Å². The maximum absolute atomic E-state index is 12.1. The largest absolute Gasteiger partial charge is 0.478 e. The van der Waals surface area contributed by atoms with Gasteiger partial charge in [0.1, 0.15) is 5.56 Å². The summed E-state index contributed by atoms with van der Waals surface area (Å²) in [6.45, 7) is 6.97. The number of amides is 2. The fraction of sp³-hybridized carbons (Fsp3) is 0.467. The van der Waals surface area contributed by atoms with Crippen molar-refractivity contribution in [3.05, 3.63) is 18.0 Å². The number of aromatic nitrogens is 1. The third-order valence-electron chi connectivity index (χ3n) is 3.08. The first-order valence-electron chi connectivity index (χ1n) is 7.12. The lowest BCUT2D eigenvalue weighted by atomic mass is 9.98. The summed E-state index contributed by atoms with van der Waals surface area (Å²) >= 11 is 0. The minimum atomic E-state index is -1.23. The van der Waals surface area contributed by atoms with E-state index >= 15 is 0 Å². The van der Waals surface area contributed by atoms with Gasteiger partial charge in [-0.1, -0.05) is 13.8 Å². The molecular weight excluding hydrogens is 300 g/mol. The number of anilines is 2. The molecule has 0 saturated heterocycles. The monoisotopic (exact) mass is 322 g/mol. The Kier molecular flexibility index (Phi) is 5.67. The molecule has 0 aliphatic rings. The molecule has 1 aromatic rings. The molecule has 23 heavy (non-hydrogen) atoms. The zero-order valence-corrected chi connectivity index (χ0v) is 13.6. The van der Waals surface area contributed by atoms with Crippen LogP contribution in [0.4, 0.5) is 11.4 Å². The number of pyridine rings is 1. The smallest absolute Gasteiger partial charge is 0.339 e. The highest BCUT2D eigenvalue weighted by Crippen LogP contribution is 2.22. The molecule has 0 unspecified atom stereocenters. The molecule has 1 heterocycles. The quantitative estimate of drug-likeness (QED) is 0.622. The Labute approximate surface area is 134 Å². The third-order valence-corrected chi connectivity index (χ3v) is 3.08. The number of nitrogens with one attached hydrogen (secondary N) is 2. The van der Waals surface area contributed by atoms with Gasteiger partial charge in [-0.05, 0) is 13.8 Å². The van der Waals surface area contributed by atoms with Gasteiger partial charge in [0, 0.05) is 24.1 Å². The van der Waals surface area contributed by atoms with Gasteiger partial charge in [-0.15, -0.1) is 0 Å². The number of carbonyl (C=O) groups is 3. The molecule has 0 radical (unpaired) electrons. The van der Waals surface area contributed by atoms with Crippen LogP contribution >= 0.6 is 0 Å². The van der Waals surface area contributed by atoms with Crippen LogP contribution in [0.2, 0.25) is 0 Å². The first-order valence-corrected chi connectivity index (χ1v) is 7.12. The summed E-state index contributed by atoms with van der Waals surface area (Å²) in [5.41, 5.74) is 4.84. The molecule has 0 atom stereocenters. The Morgan fingerprint density at radius 3 is 2.43 bits per heavy atom. The molecule has 2 amide bonds.